The highest BCUT2D eigenvalue weighted by Crippen LogP contribution is 2.33. The average Bonchev–Trinajstić information content (AvgIpc) is 2.59. The predicted molar refractivity (Wildman–Crippen MR) is 90.4 cm³/mol. The van der Waals surface area contributed by atoms with Gasteiger partial charge < -0.3 is 5.32 Å². The number of alkyl halides is 3. The third-order valence-corrected chi connectivity index (χ3v) is 4.45. The first-order chi connectivity index (χ1) is 12.2. The average molecular weight is 360 g/mol. The lowest BCUT2D eigenvalue weighted by Gasteiger charge is -2.28. The molecule has 3 rings (SSSR count). The minimum absolute atomic E-state index is 0.135. The number of hydrogen-bond donors (Lipinski definition) is 1. The van der Waals surface area contributed by atoms with E-state index in [4.69, 9.17) is 0 Å². The fourth-order valence-corrected chi connectivity index (χ4v) is 2.89. The maximum absolute atomic E-state index is 13.1. The van der Waals surface area contributed by atoms with E-state index in [1.165, 1.54) is 18.2 Å². The molecule has 0 saturated heterocycles. The van der Waals surface area contributed by atoms with E-state index >= 15 is 0 Å². The van der Waals surface area contributed by atoms with Crippen molar-refractivity contribution < 1.29 is 22.8 Å². The summed E-state index contributed by atoms with van der Waals surface area (Å²) >= 11 is 0. The van der Waals surface area contributed by atoms with Crippen LogP contribution in [0, 0.1) is 5.92 Å². The molecule has 2 amide bonds. The zero-order chi connectivity index (χ0) is 19.1. The van der Waals surface area contributed by atoms with E-state index in [1.807, 2.05) is 6.92 Å². The van der Waals surface area contributed by atoms with Gasteiger partial charge in [0.05, 0.1) is 16.8 Å². The van der Waals surface area contributed by atoms with E-state index in [2.05, 4.69) is 10.3 Å². The van der Waals surface area contributed by atoms with Gasteiger partial charge in [0.2, 0.25) is 0 Å². The van der Waals surface area contributed by atoms with Crippen LogP contribution in [0.25, 0.3) is 0 Å². The molecule has 1 unspecified atom stereocenters. The quantitative estimate of drug-likeness (QED) is 0.828. The van der Waals surface area contributed by atoms with Crippen LogP contribution in [-0.2, 0) is 11.0 Å². The van der Waals surface area contributed by atoms with Crippen molar-refractivity contribution in [1.82, 2.24) is 5.32 Å². The number of nitrogens with one attached hydrogen (secondary N) is 1. The topological polar surface area (TPSA) is 58.5 Å². The number of nitrogens with zero attached hydrogens (tertiary/aromatic N) is 1. The van der Waals surface area contributed by atoms with E-state index in [0.717, 1.165) is 17.7 Å². The van der Waals surface area contributed by atoms with Crippen molar-refractivity contribution >= 4 is 17.5 Å². The van der Waals surface area contributed by atoms with Crippen LogP contribution in [-0.4, -0.2) is 17.5 Å². The summed E-state index contributed by atoms with van der Waals surface area (Å²) in [5.41, 5.74) is 0.694. The molecule has 1 aromatic carbocycles. The number of carbonyl (C=O) groups excluding carboxylic acids is 2. The first-order valence-electron chi connectivity index (χ1n) is 7.86. The van der Waals surface area contributed by atoms with Crippen molar-refractivity contribution in [2.45, 2.75) is 20.0 Å². The SMILES string of the molecule is CC1=C(C)C2C=CC(=NC(=O)c3ccccc3C(F)(F)F)C=C2NC1=O. The molecule has 0 aromatic heterocycles. The Morgan fingerprint density at radius 1 is 1.19 bits per heavy atom. The summed E-state index contributed by atoms with van der Waals surface area (Å²) in [5, 5.41) is 2.72. The van der Waals surface area contributed by atoms with Crippen molar-refractivity contribution in [3.63, 3.8) is 0 Å². The zero-order valence-corrected chi connectivity index (χ0v) is 14.0. The van der Waals surface area contributed by atoms with E-state index < -0.39 is 23.2 Å². The zero-order valence-electron chi connectivity index (χ0n) is 14.0. The lowest BCUT2D eigenvalue weighted by Crippen LogP contribution is -2.35. The molecule has 1 atom stereocenters. The molecular formula is C19H15F3N2O2. The van der Waals surface area contributed by atoms with E-state index in [-0.39, 0.29) is 17.5 Å². The molecule has 134 valence electrons. The van der Waals surface area contributed by atoms with Gasteiger partial charge in [-0.25, -0.2) is 4.99 Å². The van der Waals surface area contributed by atoms with Crippen LogP contribution in [0.2, 0.25) is 0 Å². The molecule has 0 bridgehead atoms. The molecule has 7 heteroatoms. The van der Waals surface area contributed by atoms with Gasteiger partial charge in [0.25, 0.3) is 11.8 Å². The van der Waals surface area contributed by atoms with E-state index in [9.17, 15) is 22.8 Å². The Labute approximate surface area is 147 Å². The fraction of sp³-hybridized carbons (Fsp3) is 0.211. The van der Waals surface area contributed by atoms with Gasteiger partial charge in [0, 0.05) is 17.2 Å². The highest BCUT2D eigenvalue weighted by Gasteiger charge is 2.35. The maximum atomic E-state index is 13.1. The fourth-order valence-electron chi connectivity index (χ4n) is 2.89. The second-order valence-electron chi connectivity index (χ2n) is 6.08. The van der Waals surface area contributed by atoms with Crippen molar-refractivity contribution in [1.29, 1.82) is 0 Å². The van der Waals surface area contributed by atoms with Gasteiger partial charge in [-0.05, 0) is 38.1 Å². The monoisotopic (exact) mass is 360 g/mol. The number of rotatable bonds is 1. The predicted octanol–water partition coefficient (Wildman–Crippen LogP) is 3.82. The minimum atomic E-state index is -4.64. The number of amides is 2. The Morgan fingerprint density at radius 3 is 2.58 bits per heavy atom. The Bertz CT molecular complexity index is 921. The Morgan fingerprint density at radius 2 is 1.88 bits per heavy atom. The highest BCUT2D eigenvalue weighted by molar-refractivity contribution is 6.14. The molecule has 1 N–H and O–H groups in total. The van der Waals surface area contributed by atoms with Crippen LogP contribution in [0.15, 0.2) is 64.3 Å². The molecule has 0 spiro atoms. The lowest BCUT2D eigenvalue weighted by molar-refractivity contribution is -0.137. The number of hydrogen-bond acceptors (Lipinski definition) is 2. The summed E-state index contributed by atoms with van der Waals surface area (Å²) < 4.78 is 39.2. The summed E-state index contributed by atoms with van der Waals surface area (Å²) in [4.78, 5) is 28.0. The summed E-state index contributed by atoms with van der Waals surface area (Å²) in [5.74, 6) is -1.36. The number of aliphatic imine (C=N–C) groups is 1. The van der Waals surface area contributed by atoms with Gasteiger partial charge in [-0.15, -0.1) is 0 Å². The number of allylic oxidation sites excluding steroid dienone is 3. The smallest absolute Gasteiger partial charge is 0.325 e. The van der Waals surface area contributed by atoms with Crippen LogP contribution in [0.4, 0.5) is 13.2 Å². The molecule has 26 heavy (non-hydrogen) atoms. The van der Waals surface area contributed by atoms with Crippen molar-refractivity contribution in [2.75, 3.05) is 0 Å². The third kappa shape index (κ3) is 3.24. The summed E-state index contributed by atoms with van der Waals surface area (Å²) in [6, 6.07) is 4.51. The molecule has 0 saturated carbocycles. The second-order valence-corrected chi connectivity index (χ2v) is 6.08. The molecule has 0 fully saturated rings. The number of halogens is 3. The third-order valence-electron chi connectivity index (χ3n) is 4.45. The molecule has 0 radical (unpaired) electrons. The largest absolute Gasteiger partial charge is 0.417 e. The molecule has 1 aliphatic carbocycles. The number of benzene rings is 1. The first kappa shape index (κ1) is 17.8. The standard InChI is InChI=1S/C19H15F3N2O2/c1-10-11(2)17(25)24-16-9-12(7-8-13(10)16)23-18(26)14-5-3-4-6-15(14)19(20,21)22/h3-9,13H,1-2H3,(H,24,25). The van der Waals surface area contributed by atoms with Crippen LogP contribution >= 0.6 is 0 Å². The van der Waals surface area contributed by atoms with Crippen molar-refractivity contribution in [2.24, 2.45) is 10.9 Å². The molecule has 2 aliphatic rings. The Balaban J connectivity index is 1.94. The summed E-state index contributed by atoms with van der Waals surface area (Å²) in [6.45, 7) is 3.56. The second kappa shape index (κ2) is 6.40. The maximum Gasteiger partial charge on any atom is 0.417 e. The van der Waals surface area contributed by atoms with Crippen molar-refractivity contribution in [3.05, 3.63) is 70.5 Å². The first-order valence-corrected chi connectivity index (χ1v) is 7.86. The van der Waals surface area contributed by atoms with Gasteiger partial charge in [-0.3, -0.25) is 9.59 Å². The van der Waals surface area contributed by atoms with Crippen LogP contribution in [0.3, 0.4) is 0 Å². The Hall–Kier alpha value is -2.96. The molecule has 1 aliphatic heterocycles. The molecule has 4 nitrogen and oxygen atoms in total. The Kier molecular flexibility index (Phi) is 4.39. The van der Waals surface area contributed by atoms with Crippen LogP contribution in [0.5, 0.6) is 0 Å². The van der Waals surface area contributed by atoms with Crippen LogP contribution in [0.1, 0.15) is 29.8 Å². The number of carbonyl (C=O) groups is 2. The summed E-state index contributed by atoms with van der Waals surface area (Å²) in [6.07, 6.45) is 0.188. The van der Waals surface area contributed by atoms with Crippen molar-refractivity contribution in [3.8, 4) is 0 Å². The highest BCUT2D eigenvalue weighted by atomic mass is 19.4. The molecule has 1 aromatic rings. The molecular weight excluding hydrogens is 345 g/mol. The van der Waals surface area contributed by atoms with Crippen LogP contribution < -0.4 is 5.32 Å². The van der Waals surface area contributed by atoms with Gasteiger partial charge in [0.1, 0.15) is 0 Å². The normalized spacial score (nSPS) is 21.4. The lowest BCUT2D eigenvalue weighted by atomic mass is 9.85. The van der Waals surface area contributed by atoms with Gasteiger partial charge in [0.15, 0.2) is 0 Å². The minimum Gasteiger partial charge on any atom is -0.325 e. The van der Waals surface area contributed by atoms with Gasteiger partial charge in [-0.2, -0.15) is 13.2 Å². The number of fused-ring (bicyclic) bond motifs is 1. The van der Waals surface area contributed by atoms with E-state index in [0.29, 0.717) is 11.3 Å². The van der Waals surface area contributed by atoms with Gasteiger partial charge in [-0.1, -0.05) is 23.8 Å². The molecule has 1 heterocycles. The summed E-state index contributed by atoms with van der Waals surface area (Å²) in [7, 11) is 0. The van der Waals surface area contributed by atoms with Gasteiger partial charge >= 0.3 is 6.18 Å². The van der Waals surface area contributed by atoms with E-state index in [1.54, 1.807) is 19.1 Å².